The minimum atomic E-state index is -0.415. The van der Waals surface area contributed by atoms with Crippen molar-refractivity contribution in [2.75, 3.05) is 5.32 Å². The summed E-state index contributed by atoms with van der Waals surface area (Å²) in [5.41, 5.74) is 1.53. The number of nitrogens with one attached hydrogen (secondary N) is 1. The molecule has 1 N–H and O–H groups in total. The van der Waals surface area contributed by atoms with Gasteiger partial charge < -0.3 is 5.32 Å². The molecule has 5 nitrogen and oxygen atoms in total. The van der Waals surface area contributed by atoms with Gasteiger partial charge in [0.2, 0.25) is 5.91 Å². The molecular formula is C15H20N2O3. The van der Waals surface area contributed by atoms with Gasteiger partial charge >= 0.3 is 0 Å². The van der Waals surface area contributed by atoms with Gasteiger partial charge in [0.1, 0.15) is 0 Å². The fourth-order valence-electron chi connectivity index (χ4n) is 2.83. The summed E-state index contributed by atoms with van der Waals surface area (Å²) in [6.45, 7) is 4.19. The van der Waals surface area contributed by atoms with Gasteiger partial charge in [-0.3, -0.25) is 14.9 Å². The van der Waals surface area contributed by atoms with Gasteiger partial charge in [-0.05, 0) is 24.0 Å². The van der Waals surface area contributed by atoms with Crippen LogP contribution >= 0.6 is 0 Å². The molecule has 1 amide bonds. The first-order valence-electron chi connectivity index (χ1n) is 7.13. The van der Waals surface area contributed by atoms with E-state index in [1.54, 1.807) is 6.07 Å². The molecule has 1 heterocycles. The van der Waals surface area contributed by atoms with Crippen LogP contribution in [0.2, 0.25) is 0 Å². The molecule has 1 aromatic carbocycles. The molecule has 0 aliphatic carbocycles. The van der Waals surface area contributed by atoms with Crippen molar-refractivity contribution in [1.29, 1.82) is 0 Å². The monoisotopic (exact) mass is 276 g/mol. The molecule has 0 saturated carbocycles. The lowest BCUT2D eigenvalue weighted by molar-refractivity contribution is -0.384. The van der Waals surface area contributed by atoms with Crippen LogP contribution in [0.15, 0.2) is 18.2 Å². The molecule has 20 heavy (non-hydrogen) atoms. The topological polar surface area (TPSA) is 72.2 Å². The number of nitro groups is 1. The first-order valence-corrected chi connectivity index (χ1v) is 7.13. The maximum atomic E-state index is 12.1. The number of rotatable bonds is 6. The third-order valence-corrected chi connectivity index (χ3v) is 3.95. The average molecular weight is 276 g/mol. The summed E-state index contributed by atoms with van der Waals surface area (Å²) in [5, 5.41) is 13.7. The molecular weight excluding hydrogens is 256 g/mol. The van der Waals surface area contributed by atoms with E-state index in [2.05, 4.69) is 12.2 Å². The van der Waals surface area contributed by atoms with Crippen molar-refractivity contribution in [2.45, 2.75) is 45.4 Å². The molecule has 0 radical (unpaired) electrons. The second kappa shape index (κ2) is 6.03. The van der Waals surface area contributed by atoms with E-state index in [4.69, 9.17) is 0 Å². The SMILES string of the molecule is CCCCCC(C)C1C(=O)Nc2ccc([N+](=O)[O-])cc21. The lowest BCUT2D eigenvalue weighted by Gasteiger charge is -2.17. The van der Waals surface area contributed by atoms with Gasteiger partial charge in [-0.15, -0.1) is 0 Å². The fourth-order valence-corrected chi connectivity index (χ4v) is 2.83. The summed E-state index contributed by atoms with van der Waals surface area (Å²) in [4.78, 5) is 22.6. The molecule has 0 spiro atoms. The third kappa shape index (κ3) is 2.81. The maximum absolute atomic E-state index is 12.1. The number of nitrogens with zero attached hydrogens (tertiary/aromatic N) is 1. The Morgan fingerprint density at radius 3 is 2.80 bits per heavy atom. The van der Waals surface area contributed by atoms with E-state index in [0.29, 0.717) is 5.69 Å². The Balaban J connectivity index is 2.21. The van der Waals surface area contributed by atoms with E-state index in [0.717, 1.165) is 31.2 Å². The molecule has 5 heteroatoms. The van der Waals surface area contributed by atoms with Gasteiger partial charge in [-0.25, -0.2) is 0 Å². The largest absolute Gasteiger partial charge is 0.325 e. The van der Waals surface area contributed by atoms with Crippen molar-refractivity contribution in [3.05, 3.63) is 33.9 Å². The predicted octanol–water partition coefficient (Wildman–Crippen LogP) is 3.85. The number of carbonyl (C=O) groups excluding carboxylic acids is 1. The van der Waals surface area contributed by atoms with E-state index >= 15 is 0 Å². The minimum Gasteiger partial charge on any atom is -0.325 e. The van der Waals surface area contributed by atoms with Crippen LogP contribution in [0.3, 0.4) is 0 Å². The summed E-state index contributed by atoms with van der Waals surface area (Å²) in [7, 11) is 0. The summed E-state index contributed by atoms with van der Waals surface area (Å²) < 4.78 is 0. The van der Waals surface area contributed by atoms with Gasteiger partial charge in [-0.2, -0.15) is 0 Å². The van der Waals surface area contributed by atoms with E-state index < -0.39 is 4.92 Å². The van der Waals surface area contributed by atoms with E-state index in [1.807, 2.05) is 6.92 Å². The number of hydrogen-bond donors (Lipinski definition) is 1. The fraction of sp³-hybridized carbons (Fsp3) is 0.533. The van der Waals surface area contributed by atoms with Crippen LogP contribution in [-0.4, -0.2) is 10.8 Å². The highest BCUT2D eigenvalue weighted by atomic mass is 16.6. The highest BCUT2D eigenvalue weighted by Crippen LogP contribution is 2.40. The van der Waals surface area contributed by atoms with Crippen molar-refractivity contribution < 1.29 is 9.72 Å². The number of amides is 1. The normalized spacial score (nSPS) is 18.5. The van der Waals surface area contributed by atoms with Crippen LogP contribution in [0.25, 0.3) is 0 Å². The van der Waals surface area contributed by atoms with Crippen molar-refractivity contribution in [3.8, 4) is 0 Å². The number of benzene rings is 1. The van der Waals surface area contributed by atoms with Crippen LogP contribution in [0.5, 0.6) is 0 Å². The smallest absolute Gasteiger partial charge is 0.269 e. The highest BCUT2D eigenvalue weighted by molar-refractivity contribution is 6.03. The van der Waals surface area contributed by atoms with Crippen LogP contribution in [0.4, 0.5) is 11.4 Å². The van der Waals surface area contributed by atoms with Crippen molar-refractivity contribution >= 4 is 17.3 Å². The van der Waals surface area contributed by atoms with Crippen LogP contribution < -0.4 is 5.32 Å². The quantitative estimate of drug-likeness (QED) is 0.487. The van der Waals surface area contributed by atoms with Crippen LogP contribution in [0, 0.1) is 16.0 Å². The van der Waals surface area contributed by atoms with Gasteiger partial charge in [0.05, 0.1) is 10.8 Å². The Kier molecular flexibility index (Phi) is 4.37. The number of hydrogen-bond acceptors (Lipinski definition) is 3. The summed E-state index contributed by atoms with van der Waals surface area (Å²) in [5.74, 6) is -0.101. The predicted molar refractivity (Wildman–Crippen MR) is 77.8 cm³/mol. The van der Waals surface area contributed by atoms with Crippen molar-refractivity contribution in [2.24, 2.45) is 5.92 Å². The van der Waals surface area contributed by atoms with Crippen LogP contribution in [0.1, 0.15) is 51.0 Å². The molecule has 0 saturated heterocycles. The molecule has 0 bridgehead atoms. The number of unbranched alkanes of at least 4 members (excludes halogenated alkanes) is 2. The Bertz CT molecular complexity index is 528. The van der Waals surface area contributed by atoms with Gasteiger partial charge in [0.25, 0.3) is 5.69 Å². The van der Waals surface area contributed by atoms with Gasteiger partial charge in [0, 0.05) is 17.8 Å². The van der Waals surface area contributed by atoms with Crippen molar-refractivity contribution in [3.63, 3.8) is 0 Å². The number of nitro benzene ring substituents is 1. The molecule has 108 valence electrons. The Labute approximate surface area is 118 Å². The van der Waals surface area contributed by atoms with E-state index in [1.165, 1.54) is 12.1 Å². The zero-order valence-electron chi connectivity index (χ0n) is 11.9. The van der Waals surface area contributed by atoms with Crippen LogP contribution in [-0.2, 0) is 4.79 Å². The first kappa shape index (κ1) is 14.5. The highest BCUT2D eigenvalue weighted by Gasteiger charge is 2.35. The summed E-state index contributed by atoms with van der Waals surface area (Å²) >= 11 is 0. The molecule has 2 atom stereocenters. The molecule has 1 aliphatic heterocycles. The molecule has 2 rings (SSSR count). The summed E-state index contributed by atoms with van der Waals surface area (Å²) in [6, 6.07) is 4.60. The number of non-ortho nitro benzene ring substituents is 1. The van der Waals surface area contributed by atoms with E-state index in [-0.39, 0.29) is 23.4 Å². The second-order valence-electron chi connectivity index (χ2n) is 5.47. The lowest BCUT2D eigenvalue weighted by atomic mass is 9.85. The lowest BCUT2D eigenvalue weighted by Crippen LogP contribution is -2.19. The standard InChI is InChI=1S/C15H20N2O3/c1-3-4-5-6-10(2)14-12-9-11(17(19)20)7-8-13(12)16-15(14)18/h7-10,14H,3-6H2,1-2H3,(H,16,18). The van der Waals surface area contributed by atoms with Gasteiger partial charge in [-0.1, -0.05) is 33.1 Å². The number of anilines is 1. The molecule has 1 aromatic rings. The second-order valence-corrected chi connectivity index (χ2v) is 5.47. The number of carbonyl (C=O) groups is 1. The Morgan fingerprint density at radius 1 is 1.40 bits per heavy atom. The number of fused-ring (bicyclic) bond motifs is 1. The molecule has 0 fully saturated rings. The van der Waals surface area contributed by atoms with Crippen molar-refractivity contribution in [1.82, 2.24) is 0 Å². The zero-order chi connectivity index (χ0) is 14.7. The molecule has 2 unspecified atom stereocenters. The maximum Gasteiger partial charge on any atom is 0.269 e. The van der Waals surface area contributed by atoms with E-state index in [9.17, 15) is 14.9 Å². The first-order chi connectivity index (χ1) is 9.54. The molecule has 1 aliphatic rings. The Morgan fingerprint density at radius 2 is 2.15 bits per heavy atom. The molecule has 0 aromatic heterocycles. The minimum absolute atomic E-state index is 0.0375. The third-order valence-electron chi connectivity index (χ3n) is 3.95. The summed E-state index contributed by atoms with van der Waals surface area (Å²) in [6.07, 6.45) is 4.35. The zero-order valence-corrected chi connectivity index (χ0v) is 11.9. The van der Waals surface area contributed by atoms with Gasteiger partial charge in [0.15, 0.2) is 0 Å². The average Bonchev–Trinajstić information content (AvgIpc) is 2.73. The Hall–Kier alpha value is -1.91.